The predicted octanol–water partition coefficient (Wildman–Crippen LogP) is 0.631. The number of carbonyl (C=O) groups is 2. The van der Waals surface area contributed by atoms with E-state index in [-0.39, 0.29) is 11.3 Å². The smallest absolute Gasteiger partial charge is 0.326 e. The lowest BCUT2D eigenvalue weighted by atomic mass is 10.0. The van der Waals surface area contributed by atoms with Gasteiger partial charge in [0.1, 0.15) is 6.04 Å². The molecule has 2 aliphatic rings. The van der Waals surface area contributed by atoms with Crippen LogP contribution in [0.4, 0.5) is 0 Å². The molecular weight excluding hydrogens is 240 g/mol. The number of nitrogens with two attached hydrogens (primary N) is 1. The molecule has 0 bridgehead atoms. The average molecular weight is 258 g/mol. The van der Waals surface area contributed by atoms with Gasteiger partial charge in [-0.15, -0.1) is 11.8 Å². The highest BCUT2D eigenvalue weighted by molar-refractivity contribution is 8.00. The van der Waals surface area contributed by atoms with E-state index in [1.807, 2.05) is 6.92 Å². The van der Waals surface area contributed by atoms with E-state index in [9.17, 15) is 14.7 Å². The van der Waals surface area contributed by atoms with Gasteiger partial charge < -0.3 is 15.7 Å². The van der Waals surface area contributed by atoms with E-state index in [1.54, 1.807) is 11.8 Å². The van der Waals surface area contributed by atoms with Crippen LogP contribution in [0.2, 0.25) is 0 Å². The van der Waals surface area contributed by atoms with Gasteiger partial charge in [-0.1, -0.05) is 6.92 Å². The second-order valence-corrected chi connectivity index (χ2v) is 6.40. The average Bonchev–Trinajstić information content (AvgIpc) is 2.36. The van der Waals surface area contributed by atoms with Crippen LogP contribution in [0.15, 0.2) is 0 Å². The summed E-state index contributed by atoms with van der Waals surface area (Å²) in [5, 5.41) is 9.48. The number of carboxylic acid groups (broad SMARTS) is 1. The monoisotopic (exact) mass is 258 g/mol. The van der Waals surface area contributed by atoms with Gasteiger partial charge in [0.25, 0.3) is 0 Å². The molecule has 0 aromatic carbocycles. The summed E-state index contributed by atoms with van der Waals surface area (Å²) in [6, 6.07) is -1.24. The summed E-state index contributed by atoms with van der Waals surface area (Å²) >= 11 is 1.68. The molecule has 96 valence electrons. The Balaban J connectivity index is 2.27. The lowest BCUT2D eigenvalue weighted by molar-refractivity contribution is -0.153. The van der Waals surface area contributed by atoms with Gasteiger partial charge in [0.2, 0.25) is 5.91 Å². The molecule has 2 aliphatic heterocycles. The largest absolute Gasteiger partial charge is 0.480 e. The molecular formula is C11H18N2O3S. The zero-order chi connectivity index (χ0) is 12.6. The fourth-order valence-electron chi connectivity index (χ4n) is 2.61. The zero-order valence-corrected chi connectivity index (χ0v) is 10.7. The molecule has 0 aromatic rings. The first-order chi connectivity index (χ1) is 8.00. The molecule has 0 aromatic heterocycles. The van der Waals surface area contributed by atoms with Gasteiger partial charge in [-0.25, -0.2) is 4.79 Å². The Kier molecular flexibility index (Phi) is 3.63. The highest BCUT2D eigenvalue weighted by atomic mass is 32.2. The molecule has 1 amide bonds. The van der Waals surface area contributed by atoms with Crippen LogP contribution in [0.3, 0.4) is 0 Å². The third-order valence-electron chi connectivity index (χ3n) is 3.41. The molecule has 3 unspecified atom stereocenters. The first-order valence-electron chi connectivity index (χ1n) is 5.96. The maximum Gasteiger partial charge on any atom is 0.326 e. The number of hydrogen-bond donors (Lipinski definition) is 2. The van der Waals surface area contributed by atoms with Gasteiger partial charge in [0.15, 0.2) is 0 Å². The Morgan fingerprint density at radius 1 is 1.53 bits per heavy atom. The van der Waals surface area contributed by atoms with Crippen LogP contribution in [0.5, 0.6) is 0 Å². The van der Waals surface area contributed by atoms with Gasteiger partial charge in [0, 0.05) is 5.25 Å². The Hall–Kier alpha value is -0.750. The van der Waals surface area contributed by atoms with Crippen molar-refractivity contribution in [3.05, 3.63) is 0 Å². The van der Waals surface area contributed by atoms with Gasteiger partial charge in [-0.05, 0) is 25.7 Å². The summed E-state index contributed by atoms with van der Waals surface area (Å²) in [5.41, 5.74) is 5.84. The molecule has 5 nitrogen and oxygen atoms in total. The first-order valence-corrected chi connectivity index (χ1v) is 6.91. The Bertz CT molecular complexity index is 337. The fraction of sp³-hybridized carbons (Fsp3) is 0.818. The van der Waals surface area contributed by atoms with Gasteiger partial charge in [-0.3, -0.25) is 4.79 Å². The van der Waals surface area contributed by atoms with Crippen LogP contribution in [-0.2, 0) is 9.59 Å². The number of piperidine rings is 1. The number of amides is 1. The van der Waals surface area contributed by atoms with Crippen LogP contribution in [0.1, 0.15) is 32.6 Å². The van der Waals surface area contributed by atoms with Gasteiger partial charge >= 0.3 is 5.97 Å². The molecule has 2 fully saturated rings. The van der Waals surface area contributed by atoms with E-state index >= 15 is 0 Å². The first kappa shape index (κ1) is 12.7. The minimum absolute atomic E-state index is 0.0131. The topological polar surface area (TPSA) is 83.6 Å². The number of nitrogens with zero attached hydrogens (tertiary/aromatic N) is 1. The number of thioether (sulfide) groups is 1. The van der Waals surface area contributed by atoms with Crippen molar-refractivity contribution in [3.8, 4) is 0 Å². The maximum atomic E-state index is 12.2. The normalized spacial score (nSPS) is 38.5. The molecule has 4 atom stereocenters. The summed E-state index contributed by atoms with van der Waals surface area (Å²) in [6.07, 6.45) is 2.90. The summed E-state index contributed by atoms with van der Waals surface area (Å²) in [4.78, 5) is 24.9. The lowest BCUT2D eigenvalue weighted by Crippen LogP contribution is -2.55. The summed E-state index contributed by atoms with van der Waals surface area (Å²) in [6.45, 7) is 2.05. The van der Waals surface area contributed by atoms with Crippen molar-refractivity contribution in [3.63, 3.8) is 0 Å². The van der Waals surface area contributed by atoms with Crippen LogP contribution in [0.25, 0.3) is 0 Å². The van der Waals surface area contributed by atoms with Gasteiger partial charge in [-0.2, -0.15) is 0 Å². The van der Waals surface area contributed by atoms with E-state index in [2.05, 4.69) is 0 Å². The quantitative estimate of drug-likeness (QED) is 0.720. The van der Waals surface area contributed by atoms with E-state index in [0.29, 0.717) is 18.1 Å². The standard InChI is InChI=1S/C11H18N2O3S/c1-6-5-7(12)10(14)13-8(11(15)16)3-2-4-9(13)17-6/h6-9H,2-5,12H2,1H3,(H,15,16)/t6?,7?,8?,9-/m0/s1. The molecule has 0 saturated carbocycles. The lowest BCUT2D eigenvalue weighted by Gasteiger charge is -2.39. The van der Waals surface area contributed by atoms with E-state index in [1.165, 1.54) is 4.90 Å². The summed E-state index contributed by atoms with van der Waals surface area (Å²) in [5.74, 6) is -1.11. The predicted molar refractivity (Wildman–Crippen MR) is 65.6 cm³/mol. The minimum atomic E-state index is -0.912. The van der Waals surface area contributed by atoms with Crippen molar-refractivity contribution in [1.29, 1.82) is 0 Å². The molecule has 0 aliphatic carbocycles. The minimum Gasteiger partial charge on any atom is -0.480 e. The molecule has 6 heteroatoms. The molecule has 0 spiro atoms. The number of hydrogen-bond acceptors (Lipinski definition) is 4. The summed E-state index contributed by atoms with van der Waals surface area (Å²) in [7, 11) is 0. The van der Waals surface area contributed by atoms with Gasteiger partial charge in [0.05, 0.1) is 11.4 Å². The summed E-state index contributed by atoms with van der Waals surface area (Å²) < 4.78 is 0. The number of fused-ring (bicyclic) bond motifs is 1. The second kappa shape index (κ2) is 4.86. The maximum absolute atomic E-state index is 12.2. The number of carbonyl (C=O) groups excluding carboxylic acids is 1. The number of carboxylic acids is 1. The molecule has 0 radical (unpaired) electrons. The number of aliphatic carboxylic acids is 1. The molecule has 3 N–H and O–H groups in total. The van der Waals surface area contributed by atoms with E-state index in [4.69, 9.17) is 5.73 Å². The van der Waals surface area contributed by atoms with Crippen LogP contribution >= 0.6 is 11.8 Å². The highest BCUT2D eigenvalue weighted by Crippen LogP contribution is 2.37. The number of rotatable bonds is 1. The van der Waals surface area contributed by atoms with Crippen molar-refractivity contribution in [1.82, 2.24) is 4.90 Å². The SMILES string of the molecule is CC1CC(N)C(=O)N2C(C(=O)O)CCC[C@@H]2S1. The van der Waals surface area contributed by atoms with E-state index < -0.39 is 18.1 Å². The molecule has 2 saturated heterocycles. The van der Waals surface area contributed by atoms with Crippen molar-refractivity contribution < 1.29 is 14.7 Å². The van der Waals surface area contributed by atoms with Crippen LogP contribution in [0, 0.1) is 0 Å². The fourth-order valence-corrected chi connectivity index (χ4v) is 4.15. The molecule has 2 rings (SSSR count). The third-order valence-corrected chi connectivity index (χ3v) is 4.84. The molecule has 17 heavy (non-hydrogen) atoms. The second-order valence-electron chi connectivity index (χ2n) is 4.77. The molecule has 2 heterocycles. The van der Waals surface area contributed by atoms with Crippen LogP contribution in [-0.4, -0.2) is 44.6 Å². The van der Waals surface area contributed by atoms with Crippen molar-refractivity contribution in [2.45, 2.75) is 55.3 Å². The highest BCUT2D eigenvalue weighted by Gasteiger charge is 2.43. The Morgan fingerprint density at radius 2 is 2.24 bits per heavy atom. The Morgan fingerprint density at radius 3 is 2.88 bits per heavy atom. The van der Waals surface area contributed by atoms with Crippen molar-refractivity contribution >= 4 is 23.6 Å². The van der Waals surface area contributed by atoms with Crippen molar-refractivity contribution in [2.24, 2.45) is 5.73 Å². The van der Waals surface area contributed by atoms with E-state index in [0.717, 1.165) is 12.8 Å². The van der Waals surface area contributed by atoms with Crippen LogP contribution < -0.4 is 5.73 Å². The van der Waals surface area contributed by atoms with Crippen molar-refractivity contribution in [2.75, 3.05) is 0 Å². The Labute approximate surface area is 105 Å². The zero-order valence-electron chi connectivity index (χ0n) is 9.83. The third kappa shape index (κ3) is 2.42.